The maximum atomic E-state index is 12.6. The fraction of sp³-hybridized carbons (Fsp3) is 0.263. The molecule has 156 valence electrons. The van der Waals surface area contributed by atoms with E-state index in [9.17, 15) is 18.4 Å². The third-order valence-electron chi connectivity index (χ3n) is 3.60. The Morgan fingerprint density at radius 1 is 1.00 bits per heavy atom. The number of ether oxygens (including phenoxy) is 5. The maximum absolute atomic E-state index is 12.6. The van der Waals surface area contributed by atoms with Crippen LogP contribution in [-0.2, 0) is 9.53 Å². The number of esters is 1. The molecule has 10 heteroatoms. The van der Waals surface area contributed by atoms with Gasteiger partial charge < -0.3 is 29.0 Å². The van der Waals surface area contributed by atoms with Crippen LogP contribution in [0.5, 0.6) is 23.0 Å². The average molecular weight is 411 g/mol. The number of halogens is 2. The standard InChI is InChI=1S/C19H19F2NO7/c1-25-12-7-11(8-13(9-12)26-2)22-16(23)10-28-18(24)14-5-4-6-15(27-3)17(14)29-19(20)21/h4-9,19H,10H2,1-3H3,(H,22,23). The summed E-state index contributed by atoms with van der Waals surface area (Å²) in [6.45, 7) is -3.84. The Morgan fingerprint density at radius 2 is 1.66 bits per heavy atom. The molecule has 2 aromatic carbocycles. The van der Waals surface area contributed by atoms with Crippen LogP contribution < -0.4 is 24.3 Å². The van der Waals surface area contributed by atoms with E-state index in [1.54, 1.807) is 18.2 Å². The molecule has 29 heavy (non-hydrogen) atoms. The van der Waals surface area contributed by atoms with E-state index in [1.807, 2.05) is 0 Å². The van der Waals surface area contributed by atoms with Crippen molar-refractivity contribution in [2.24, 2.45) is 0 Å². The van der Waals surface area contributed by atoms with Gasteiger partial charge in [-0.3, -0.25) is 4.79 Å². The predicted molar refractivity (Wildman–Crippen MR) is 98.1 cm³/mol. The van der Waals surface area contributed by atoms with Gasteiger partial charge in [0.2, 0.25) is 0 Å². The van der Waals surface area contributed by atoms with Crippen molar-refractivity contribution in [2.45, 2.75) is 6.61 Å². The number of para-hydroxylation sites is 1. The molecule has 0 radical (unpaired) electrons. The van der Waals surface area contributed by atoms with Gasteiger partial charge in [0.25, 0.3) is 5.91 Å². The molecule has 0 aromatic heterocycles. The van der Waals surface area contributed by atoms with Crippen LogP contribution in [0.3, 0.4) is 0 Å². The first-order valence-corrected chi connectivity index (χ1v) is 8.19. The van der Waals surface area contributed by atoms with Crippen LogP contribution in [0.2, 0.25) is 0 Å². The van der Waals surface area contributed by atoms with Gasteiger partial charge in [-0.1, -0.05) is 6.07 Å². The second-order valence-corrected chi connectivity index (χ2v) is 5.44. The molecule has 0 unspecified atom stereocenters. The molecule has 0 bridgehead atoms. The summed E-state index contributed by atoms with van der Waals surface area (Å²) in [5, 5.41) is 2.52. The zero-order valence-electron chi connectivity index (χ0n) is 15.9. The summed E-state index contributed by atoms with van der Waals surface area (Å²) in [7, 11) is 4.14. The molecule has 1 amide bonds. The molecule has 0 fully saturated rings. The maximum Gasteiger partial charge on any atom is 0.387 e. The number of carbonyl (C=O) groups excluding carboxylic acids is 2. The Bertz CT molecular complexity index is 851. The lowest BCUT2D eigenvalue weighted by molar-refractivity contribution is -0.119. The lowest BCUT2D eigenvalue weighted by Gasteiger charge is -2.14. The molecular formula is C19H19F2NO7. The Kier molecular flexibility index (Phi) is 7.58. The summed E-state index contributed by atoms with van der Waals surface area (Å²) in [5.41, 5.74) is 0.0471. The largest absolute Gasteiger partial charge is 0.497 e. The van der Waals surface area contributed by atoms with Gasteiger partial charge in [0, 0.05) is 23.9 Å². The normalized spacial score (nSPS) is 10.3. The molecule has 0 atom stereocenters. The summed E-state index contributed by atoms with van der Waals surface area (Å²) >= 11 is 0. The van der Waals surface area contributed by atoms with Gasteiger partial charge in [0.1, 0.15) is 17.1 Å². The van der Waals surface area contributed by atoms with E-state index in [2.05, 4.69) is 10.1 Å². The molecule has 1 N–H and O–H groups in total. The molecule has 0 saturated heterocycles. The lowest BCUT2D eigenvalue weighted by Crippen LogP contribution is -2.21. The van der Waals surface area contributed by atoms with E-state index in [-0.39, 0.29) is 11.3 Å². The van der Waals surface area contributed by atoms with Crippen LogP contribution in [0.15, 0.2) is 36.4 Å². The van der Waals surface area contributed by atoms with Gasteiger partial charge in [0.15, 0.2) is 18.1 Å². The number of hydrogen-bond acceptors (Lipinski definition) is 7. The van der Waals surface area contributed by atoms with Crippen LogP contribution in [-0.4, -0.2) is 46.4 Å². The molecule has 0 aliphatic heterocycles. The summed E-state index contributed by atoms with van der Waals surface area (Å²) in [6, 6.07) is 8.65. The Hall–Kier alpha value is -3.56. The van der Waals surface area contributed by atoms with Gasteiger partial charge in [-0.25, -0.2) is 4.79 Å². The minimum Gasteiger partial charge on any atom is -0.497 e. The van der Waals surface area contributed by atoms with Gasteiger partial charge in [-0.15, -0.1) is 0 Å². The van der Waals surface area contributed by atoms with Crippen LogP contribution >= 0.6 is 0 Å². The van der Waals surface area contributed by atoms with Crippen molar-refractivity contribution in [3.8, 4) is 23.0 Å². The van der Waals surface area contributed by atoms with Crippen LogP contribution in [0.4, 0.5) is 14.5 Å². The van der Waals surface area contributed by atoms with E-state index in [0.29, 0.717) is 17.2 Å². The SMILES string of the molecule is COc1cc(NC(=O)COC(=O)c2cccc(OC)c2OC(F)F)cc(OC)c1. The lowest BCUT2D eigenvalue weighted by atomic mass is 10.2. The number of alkyl halides is 2. The minimum atomic E-state index is -3.18. The van der Waals surface area contributed by atoms with Crippen LogP contribution in [0.25, 0.3) is 0 Å². The number of amides is 1. The highest BCUT2D eigenvalue weighted by Gasteiger charge is 2.22. The van der Waals surface area contributed by atoms with Gasteiger partial charge in [-0.05, 0) is 12.1 Å². The Morgan fingerprint density at radius 3 is 2.21 bits per heavy atom. The van der Waals surface area contributed by atoms with Crippen molar-refractivity contribution in [3.05, 3.63) is 42.0 Å². The quantitative estimate of drug-likeness (QED) is 0.634. The van der Waals surface area contributed by atoms with Crippen LogP contribution in [0, 0.1) is 0 Å². The molecule has 0 aliphatic rings. The fourth-order valence-electron chi connectivity index (χ4n) is 2.33. The second-order valence-electron chi connectivity index (χ2n) is 5.44. The van der Waals surface area contributed by atoms with E-state index >= 15 is 0 Å². The van der Waals surface area contributed by atoms with Crippen molar-refractivity contribution in [1.29, 1.82) is 0 Å². The Labute approximate surface area is 165 Å². The van der Waals surface area contributed by atoms with Crippen molar-refractivity contribution in [2.75, 3.05) is 33.3 Å². The molecule has 2 rings (SSSR count). The highest BCUT2D eigenvalue weighted by Crippen LogP contribution is 2.33. The summed E-state index contributed by atoms with van der Waals surface area (Å²) in [5.74, 6) is -1.35. The summed E-state index contributed by atoms with van der Waals surface area (Å²) in [4.78, 5) is 24.3. The number of methoxy groups -OCH3 is 3. The van der Waals surface area contributed by atoms with E-state index in [0.717, 1.165) is 0 Å². The van der Waals surface area contributed by atoms with Crippen molar-refractivity contribution < 1.29 is 42.1 Å². The molecular weight excluding hydrogens is 392 g/mol. The molecule has 0 spiro atoms. The first-order chi connectivity index (χ1) is 13.9. The third kappa shape index (κ3) is 5.96. The Balaban J connectivity index is 2.07. The van der Waals surface area contributed by atoms with Gasteiger partial charge in [-0.2, -0.15) is 8.78 Å². The average Bonchev–Trinajstić information content (AvgIpc) is 2.71. The highest BCUT2D eigenvalue weighted by molar-refractivity contribution is 5.97. The topological polar surface area (TPSA) is 92.3 Å². The van der Waals surface area contributed by atoms with Crippen molar-refractivity contribution >= 4 is 17.6 Å². The third-order valence-corrected chi connectivity index (χ3v) is 3.60. The number of hydrogen-bond donors (Lipinski definition) is 1. The van der Waals surface area contributed by atoms with E-state index in [1.165, 1.54) is 39.5 Å². The summed E-state index contributed by atoms with van der Waals surface area (Å²) in [6.07, 6.45) is 0. The smallest absolute Gasteiger partial charge is 0.387 e. The van der Waals surface area contributed by atoms with E-state index in [4.69, 9.17) is 18.9 Å². The molecule has 2 aromatic rings. The second kappa shape index (κ2) is 10.1. The molecule has 8 nitrogen and oxygen atoms in total. The number of carbonyl (C=O) groups is 2. The monoisotopic (exact) mass is 411 g/mol. The zero-order chi connectivity index (χ0) is 21.4. The zero-order valence-corrected chi connectivity index (χ0v) is 15.9. The van der Waals surface area contributed by atoms with Crippen molar-refractivity contribution in [1.82, 2.24) is 0 Å². The minimum absolute atomic E-state index is 0.0762. The number of anilines is 1. The fourth-order valence-corrected chi connectivity index (χ4v) is 2.33. The first kappa shape index (κ1) is 21.7. The highest BCUT2D eigenvalue weighted by atomic mass is 19.3. The van der Waals surface area contributed by atoms with Gasteiger partial charge in [0.05, 0.1) is 21.3 Å². The van der Waals surface area contributed by atoms with E-state index < -0.39 is 30.8 Å². The number of benzene rings is 2. The number of nitrogens with one attached hydrogen (secondary N) is 1. The summed E-state index contributed by atoms with van der Waals surface area (Å²) < 4.78 is 49.7. The van der Waals surface area contributed by atoms with Crippen LogP contribution in [0.1, 0.15) is 10.4 Å². The molecule has 0 heterocycles. The van der Waals surface area contributed by atoms with Gasteiger partial charge >= 0.3 is 12.6 Å². The van der Waals surface area contributed by atoms with Crippen molar-refractivity contribution in [3.63, 3.8) is 0 Å². The first-order valence-electron chi connectivity index (χ1n) is 8.19. The number of rotatable bonds is 9. The molecule has 0 aliphatic carbocycles. The predicted octanol–water partition coefficient (Wildman–Crippen LogP) is 3.11. The molecule has 0 saturated carbocycles.